The van der Waals surface area contributed by atoms with Crippen molar-refractivity contribution in [3.8, 4) is 0 Å². The smallest absolute Gasteiger partial charge is 0.261 e. The Morgan fingerprint density at radius 2 is 1.76 bits per heavy atom. The van der Waals surface area contributed by atoms with Crippen molar-refractivity contribution in [3.63, 3.8) is 0 Å². The van der Waals surface area contributed by atoms with Gasteiger partial charge in [-0.25, -0.2) is 13.4 Å². The minimum absolute atomic E-state index is 0.0924. The third-order valence-electron chi connectivity index (χ3n) is 2.87. The number of carbonyl (C=O) groups excluding carboxylic acids is 1. The monoisotopic (exact) mass is 368 g/mol. The molecule has 0 amide bonds. The fraction of sp³-hybridized carbons (Fsp3) is 0.143. The molecule has 0 fully saturated rings. The maximum absolute atomic E-state index is 12.3. The van der Waals surface area contributed by atoms with E-state index in [2.05, 4.69) is 25.6 Å². The Kier molecular flexibility index (Phi) is 4.43. The number of nitrogens with one attached hydrogen (secondary N) is 1. The molecule has 1 N–H and O–H groups in total. The number of nitrogens with zero attached hydrogens (tertiary/aromatic N) is 1. The van der Waals surface area contributed by atoms with Crippen LogP contribution in [0.15, 0.2) is 45.9 Å². The van der Waals surface area contributed by atoms with E-state index in [0.29, 0.717) is 21.5 Å². The van der Waals surface area contributed by atoms with E-state index in [1.54, 1.807) is 19.1 Å². The van der Waals surface area contributed by atoms with Crippen LogP contribution < -0.4 is 4.72 Å². The van der Waals surface area contributed by atoms with Crippen molar-refractivity contribution in [1.29, 1.82) is 0 Å². The largest absolute Gasteiger partial charge is 0.295 e. The van der Waals surface area contributed by atoms with Crippen molar-refractivity contribution in [3.05, 3.63) is 52.3 Å². The molecular formula is C14H13BrN2O3S. The van der Waals surface area contributed by atoms with Gasteiger partial charge in [-0.2, -0.15) is 0 Å². The Balaban J connectivity index is 2.31. The second kappa shape index (κ2) is 5.95. The molecule has 0 radical (unpaired) electrons. The molecule has 0 atom stereocenters. The molecule has 1 heterocycles. The molecule has 2 aromatic rings. The van der Waals surface area contributed by atoms with E-state index in [4.69, 9.17) is 0 Å². The van der Waals surface area contributed by atoms with E-state index in [0.717, 1.165) is 0 Å². The van der Waals surface area contributed by atoms with Crippen LogP contribution in [0.2, 0.25) is 0 Å². The molecule has 0 saturated carbocycles. The lowest BCUT2D eigenvalue weighted by Gasteiger charge is -2.10. The zero-order chi connectivity index (χ0) is 15.6. The van der Waals surface area contributed by atoms with Gasteiger partial charge in [-0.1, -0.05) is 12.1 Å². The van der Waals surface area contributed by atoms with E-state index in [-0.39, 0.29) is 10.7 Å². The molecule has 110 valence electrons. The SMILES string of the molecule is CC(=O)c1ccc(S(=O)(=O)Nc2ccc(Br)nc2C)cc1. The third kappa shape index (κ3) is 3.68. The van der Waals surface area contributed by atoms with Crippen molar-refractivity contribution < 1.29 is 13.2 Å². The lowest BCUT2D eigenvalue weighted by molar-refractivity contribution is 0.101. The van der Waals surface area contributed by atoms with Crippen molar-refractivity contribution in [1.82, 2.24) is 4.98 Å². The maximum Gasteiger partial charge on any atom is 0.261 e. The van der Waals surface area contributed by atoms with Gasteiger partial charge in [0.15, 0.2) is 5.78 Å². The Labute approximate surface area is 131 Å². The van der Waals surface area contributed by atoms with Crippen LogP contribution in [-0.4, -0.2) is 19.2 Å². The highest BCUT2D eigenvalue weighted by molar-refractivity contribution is 9.10. The summed E-state index contributed by atoms with van der Waals surface area (Å²) in [5.41, 5.74) is 1.44. The highest BCUT2D eigenvalue weighted by Gasteiger charge is 2.16. The summed E-state index contributed by atoms with van der Waals surface area (Å²) in [6, 6.07) is 9.08. The number of rotatable bonds is 4. The topological polar surface area (TPSA) is 76.1 Å². The van der Waals surface area contributed by atoms with E-state index in [9.17, 15) is 13.2 Å². The van der Waals surface area contributed by atoms with Gasteiger partial charge in [-0.15, -0.1) is 0 Å². The van der Waals surface area contributed by atoms with Gasteiger partial charge in [0.05, 0.1) is 16.3 Å². The van der Waals surface area contributed by atoms with Gasteiger partial charge in [-0.3, -0.25) is 9.52 Å². The summed E-state index contributed by atoms with van der Waals surface area (Å²) < 4.78 is 27.7. The highest BCUT2D eigenvalue weighted by atomic mass is 79.9. The van der Waals surface area contributed by atoms with Crippen LogP contribution in [0.4, 0.5) is 5.69 Å². The molecule has 0 aliphatic rings. The zero-order valence-electron chi connectivity index (χ0n) is 11.4. The summed E-state index contributed by atoms with van der Waals surface area (Å²) in [4.78, 5) is 15.4. The lowest BCUT2D eigenvalue weighted by atomic mass is 10.2. The first-order valence-corrected chi connectivity index (χ1v) is 8.34. The average molecular weight is 369 g/mol. The summed E-state index contributed by atoms with van der Waals surface area (Å²) in [6.07, 6.45) is 0. The van der Waals surface area contributed by atoms with E-state index < -0.39 is 10.0 Å². The molecule has 5 nitrogen and oxygen atoms in total. The summed E-state index contributed by atoms with van der Waals surface area (Å²) >= 11 is 3.22. The molecule has 0 aliphatic heterocycles. The summed E-state index contributed by atoms with van der Waals surface area (Å²) in [6.45, 7) is 3.14. The number of pyridine rings is 1. The van der Waals surface area contributed by atoms with Crippen LogP contribution >= 0.6 is 15.9 Å². The van der Waals surface area contributed by atoms with Crippen LogP contribution in [0.25, 0.3) is 0 Å². The third-order valence-corrected chi connectivity index (χ3v) is 4.69. The quantitative estimate of drug-likeness (QED) is 0.664. The van der Waals surface area contributed by atoms with Crippen LogP contribution in [-0.2, 0) is 10.0 Å². The number of anilines is 1. The van der Waals surface area contributed by atoms with Crippen molar-refractivity contribution in [2.45, 2.75) is 18.7 Å². The van der Waals surface area contributed by atoms with E-state index >= 15 is 0 Å². The lowest BCUT2D eigenvalue weighted by Crippen LogP contribution is -2.14. The zero-order valence-corrected chi connectivity index (χ0v) is 13.8. The van der Waals surface area contributed by atoms with Gasteiger partial charge in [0, 0.05) is 5.56 Å². The fourth-order valence-electron chi connectivity index (χ4n) is 1.71. The van der Waals surface area contributed by atoms with Crippen LogP contribution in [0, 0.1) is 6.92 Å². The van der Waals surface area contributed by atoms with Gasteiger partial charge in [0.25, 0.3) is 10.0 Å². The number of sulfonamides is 1. The molecular weight excluding hydrogens is 356 g/mol. The summed E-state index contributed by atoms with van der Waals surface area (Å²) in [5.74, 6) is -0.111. The molecule has 1 aromatic heterocycles. The number of carbonyl (C=O) groups is 1. The molecule has 1 aromatic carbocycles. The van der Waals surface area contributed by atoms with Crippen LogP contribution in [0.5, 0.6) is 0 Å². The van der Waals surface area contributed by atoms with Crippen molar-refractivity contribution in [2.75, 3.05) is 4.72 Å². The Hall–Kier alpha value is -1.73. The van der Waals surface area contributed by atoms with Gasteiger partial charge in [0.1, 0.15) is 4.60 Å². The number of ketones is 1. The first-order chi connectivity index (χ1) is 9.79. The van der Waals surface area contributed by atoms with Gasteiger partial charge < -0.3 is 0 Å². The predicted octanol–water partition coefficient (Wildman–Crippen LogP) is 3.16. The number of hydrogen-bond acceptors (Lipinski definition) is 4. The van der Waals surface area contributed by atoms with Gasteiger partial charge in [0.2, 0.25) is 0 Å². The summed E-state index contributed by atoms with van der Waals surface area (Å²) in [7, 11) is -3.71. The first-order valence-electron chi connectivity index (χ1n) is 6.06. The number of aromatic nitrogens is 1. The van der Waals surface area contributed by atoms with Crippen LogP contribution in [0.3, 0.4) is 0 Å². The second-order valence-electron chi connectivity index (χ2n) is 4.45. The second-order valence-corrected chi connectivity index (χ2v) is 6.95. The number of aryl methyl sites for hydroxylation is 1. The maximum atomic E-state index is 12.3. The van der Waals surface area contributed by atoms with Crippen molar-refractivity contribution in [2.24, 2.45) is 0 Å². The Bertz CT molecular complexity index is 786. The Morgan fingerprint density at radius 3 is 2.29 bits per heavy atom. The number of halogens is 1. The number of hydrogen-bond donors (Lipinski definition) is 1. The van der Waals surface area contributed by atoms with E-state index in [1.165, 1.54) is 31.2 Å². The average Bonchev–Trinajstić information content (AvgIpc) is 2.42. The molecule has 0 bridgehead atoms. The predicted molar refractivity (Wildman–Crippen MR) is 83.9 cm³/mol. The van der Waals surface area contributed by atoms with Crippen molar-refractivity contribution >= 4 is 37.4 Å². The first kappa shape index (κ1) is 15.7. The minimum atomic E-state index is -3.71. The van der Waals surface area contributed by atoms with Crippen LogP contribution in [0.1, 0.15) is 23.0 Å². The standard InChI is InChI=1S/C14H13BrN2O3S/c1-9-13(7-8-14(15)16-9)17-21(19,20)12-5-3-11(4-6-12)10(2)18/h3-8,17H,1-2H3. The molecule has 2 rings (SSSR count). The highest BCUT2D eigenvalue weighted by Crippen LogP contribution is 2.20. The number of benzene rings is 1. The summed E-state index contributed by atoms with van der Waals surface area (Å²) in [5, 5.41) is 0. The normalized spacial score (nSPS) is 11.2. The molecule has 0 saturated heterocycles. The van der Waals surface area contributed by atoms with Gasteiger partial charge >= 0.3 is 0 Å². The fourth-order valence-corrected chi connectivity index (χ4v) is 3.23. The Morgan fingerprint density at radius 1 is 1.14 bits per heavy atom. The molecule has 0 aliphatic carbocycles. The molecule has 0 unspecified atom stereocenters. The molecule has 21 heavy (non-hydrogen) atoms. The minimum Gasteiger partial charge on any atom is -0.295 e. The van der Waals surface area contributed by atoms with E-state index in [1.807, 2.05) is 0 Å². The molecule has 7 heteroatoms. The van der Waals surface area contributed by atoms with Gasteiger partial charge in [-0.05, 0) is 54.0 Å². The number of Topliss-reactive ketones (excluding diaryl/α,β-unsaturated/α-hetero) is 1. The molecule has 0 spiro atoms.